The summed E-state index contributed by atoms with van der Waals surface area (Å²) in [5.41, 5.74) is -0.213. The number of alkyl halides is 2. The Morgan fingerprint density at radius 1 is 1.47 bits per heavy atom. The molecule has 2 N–H and O–H groups in total. The summed E-state index contributed by atoms with van der Waals surface area (Å²) in [5, 5.41) is 9.55. The quantitative estimate of drug-likeness (QED) is 0.826. The van der Waals surface area contributed by atoms with Gasteiger partial charge in [0, 0.05) is 17.8 Å². The highest BCUT2D eigenvalue weighted by Crippen LogP contribution is 2.21. The van der Waals surface area contributed by atoms with Crippen molar-refractivity contribution >= 4 is 34.7 Å². The molecule has 0 atom stereocenters. The lowest BCUT2D eigenvalue weighted by Gasteiger charge is -2.30. The van der Waals surface area contributed by atoms with Crippen molar-refractivity contribution in [3.8, 4) is 0 Å². The second kappa shape index (κ2) is 5.38. The van der Waals surface area contributed by atoms with Gasteiger partial charge >= 0.3 is 5.69 Å². The van der Waals surface area contributed by atoms with Crippen molar-refractivity contribution in [1.82, 2.24) is 19.6 Å². The molecular weight excluding hydrogens is 289 g/mol. The van der Waals surface area contributed by atoms with Gasteiger partial charge in [-0.15, -0.1) is 23.2 Å². The maximum atomic E-state index is 11.5. The van der Waals surface area contributed by atoms with Gasteiger partial charge in [0.05, 0.1) is 5.54 Å². The number of nitrogens with one attached hydrogen (secondary N) is 2. The predicted molar refractivity (Wildman–Crippen MR) is 76.4 cm³/mol. The molecule has 0 saturated heterocycles. The van der Waals surface area contributed by atoms with Crippen LogP contribution in [0.25, 0.3) is 5.65 Å². The van der Waals surface area contributed by atoms with Crippen LogP contribution in [0.4, 0.5) is 5.82 Å². The van der Waals surface area contributed by atoms with E-state index in [1.807, 2.05) is 6.92 Å². The lowest BCUT2D eigenvalue weighted by Crippen LogP contribution is -2.42. The molecule has 0 aromatic carbocycles. The van der Waals surface area contributed by atoms with E-state index in [2.05, 4.69) is 20.5 Å². The number of aromatic amines is 1. The summed E-state index contributed by atoms with van der Waals surface area (Å²) in [5.74, 6) is 1.89. The van der Waals surface area contributed by atoms with E-state index < -0.39 is 5.54 Å². The summed E-state index contributed by atoms with van der Waals surface area (Å²) < 4.78 is 1.40. The van der Waals surface area contributed by atoms with Gasteiger partial charge in [-0.2, -0.15) is 5.10 Å². The van der Waals surface area contributed by atoms with E-state index in [1.165, 1.54) is 4.40 Å². The lowest BCUT2D eigenvalue weighted by molar-refractivity contribution is 0.557. The molecule has 0 aliphatic carbocycles. The Morgan fingerprint density at radius 3 is 2.74 bits per heavy atom. The normalized spacial score (nSPS) is 12.0. The van der Waals surface area contributed by atoms with Crippen LogP contribution in [0, 0.1) is 6.92 Å². The van der Waals surface area contributed by atoms with Crippen molar-refractivity contribution in [3.63, 3.8) is 0 Å². The molecule has 0 fully saturated rings. The number of aryl methyl sites for hydroxylation is 1. The highest BCUT2D eigenvalue weighted by molar-refractivity contribution is 6.22. The van der Waals surface area contributed by atoms with Crippen molar-refractivity contribution in [2.75, 3.05) is 17.1 Å². The van der Waals surface area contributed by atoms with Crippen molar-refractivity contribution in [2.45, 2.75) is 25.8 Å². The third-order valence-electron chi connectivity index (χ3n) is 3.15. The van der Waals surface area contributed by atoms with Crippen molar-refractivity contribution in [2.24, 2.45) is 0 Å². The highest BCUT2D eigenvalue weighted by atomic mass is 35.5. The summed E-state index contributed by atoms with van der Waals surface area (Å²) in [4.78, 5) is 15.8. The van der Waals surface area contributed by atoms with E-state index in [4.69, 9.17) is 23.2 Å². The molecule has 104 valence electrons. The monoisotopic (exact) mass is 303 g/mol. The molecule has 0 aliphatic heterocycles. The van der Waals surface area contributed by atoms with Crippen LogP contribution in [0.1, 0.15) is 19.2 Å². The first-order chi connectivity index (χ1) is 9.05. The fourth-order valence-corrected chi connectivity index (χ4v) is 2.61. The molecule has 2 rings (SSSR count). The first kappa shape index (κ1) is 14.1. The lowest BCUT2D eigenvalue weighted by atomic mass is 10.0. The van der Waals surface area contributed by atoms with Gasteiger partial charge in [-0.25, -0.2) is 19.3 Å². The SMILES string of the molecule is CCC(CCl)(CCl)Nc1cc2n[nH]c(=O)n2c(C)n1. The maximum Gasteiger partial charge on any atom is 0.349 e. The molecule has 8 heteroatoms. The van der Waals surface area contributed by atoms with E-state index in [0.29, 0.717) is 29.0 Å². The van der Waals surface area contributed by atoms with Gasteiger partial charge in [0.1, 0.15) is 11.6 Å². The number of hydrogen-bond acceptors (Lipinski definition) is 4. The van der Waals surface area contributed by atoms with Crippen LogP contribution in [0.3, 0.4) is 0 Å². The van der Waals surface area contributed by atoms with Crippen molar-refractivity contribution in [3.05, 3.63) is 22.4 Å². The molecule has 2 aromatic heterocycles. The Hall–Kier alpha value is -1.27. The second-order valence-electron chi connectivity index (χ2n) is 4.44. The minimum Gasteiger partial charge on any atom is -0.362 e. The number of nitrogens with zero attached hydrogens (tertiary/aromatic N) is 3. The van der Waals surface area contributed by atoms with Crippen LogP contribution in [0.2, 0.25) is 0 Å². The molecule has 0 spiro atoms. The molecule has 0 amide bonds. The minimum atomic E-state index is -0.419. The summed E-state index contributed by atoms with van der Waals surface area (Å²) >= 11 is 12.0. The third kappa shape index (κ3) is 2.55. The van der Waals surface area contributed by atoms with Crippen LogP contribution in [0.5, 0.6) is 0 Å². The van der Waals surface area contributed by atoms with Gasteiger partial charge in [0.2, 0.25) is 0 Å². The van der Waals surface area contributed by atoms with Crippen LogP contribution in [-0.2, 0) is 0 Å². The summed E-state index contributed by atoms with van der Waals surface area (Å²) in [6.07, 6.45) is 0.763. The maximum absolute atomic E-state index is 11.5. The molecule has 2 heterocycles. The zero-order valence-electron chi connectivity index (χ0n) is 10.7. The largest absolute Gasteiger partial charge is 0.362 e. The zero-order valence-corrected chi connectivity index (χ0v) is 12.2. The van der Waals surface area contributed by atoms with E-state index in [1.54, 1.807) is 13.0 Å². The standard InChI is InChI=1S/C11H15Cl2N5O/c1-3-11(5-12,6-13)15-8-4-9-16-17-10(19)18(9)7(2)14-8/h4,15H,3,5-6H2,1-2H3,(H,17,19). The Labute approximate surface area is 120 Å². The Morgan fingerprint density at radius 2 is 2.16 bits per heavy atom. The molecular formula is C11H15Cl2N5O. The Balaban J connectivity index is 2.44. The fourth-order valence-electron chi connectivity index (χ4n) is 1.81. The van der Waals surface area contributed by atoms with E-state index in [-0.39, 0.29) is 5.69 Å². The molecule has 6 nitrogen and oxygen atoms in total. The van der Waals surface area contributed by atoms with Crippen molar-refractivity contribution < 1.29 is 0 Å². The van der Waals surface area contributed by atoms with Gasteiger partial charge < -0.3 is 5.32 Å². The number of fused-ring (bicyclic) bond motifs is 1. The van der Waals surface area contributed by atoms with E-state index in [0.717, 1.165) is 6.42 Å². The molecule has 0 saturated carbocycles. The number of aromatic nitrogens is 4. The smallest absolute Gasteiger partial charge is 0.349 e. The zero-order chi connectivity index (χ0) is 14.0. The Kier molecular flexibility index (Phi) is 4.01. The second-order valence-corrected chi connectivity index (χ2v) is 4.97. The highest BCUT2D eigenvalue weighted by Gasteiger charge is 2.26. The van der Waals surface area contributed by atoms with E-state index in [9.17, 15) is 4.79 Å². The first-order valence-electron chi connectivity index (χ1n) is 5.90. The average molecular weight is 304 g/mol. The van der Waals surface area contributed by atoms with E-state index >= 15 is 0 Å². The minimum absolute atomic E-state index is 0.303. The fraction of sp³-hybridized carbons (Fsp3) is 0.545. The Bertz CT molecular complexity index is 623. The number of rotatable bonds is 5. The summed E-state index contributed by atoms with van der Waals surface area (Å²) in [6, 6.07) is 1.69. The summed E-state index contributed by atoms with van der Waals surface area (Å²) in [6.45, 7) is 3.74. The molecule has 0 unspecified atom stereocenters. The van der Waals surface area contributed by atoms with Crippen LogP contribution < -0.4 is 11.0 Å². The van der Waals surface area contributed by atoms with Gasteiger partial charge in [-0.3, -0.25) is 0 Å². The molecule has 0 aliphatic rings. The predicted octanol–water partition coefficient (Wildman–Crippen LogP) is 1.76. The molecule has 0 radical (unpaired) electrons. The summed E-state index contributed by atoms with van der Waals surface area (Å²) in [7, 11) is 0. The van der Waals surface area contributed by atoms with Crippen molar-refractivity contribution in [1.29, 1.82) is 0 Å². The number of anilines is 1. The van der Waals surface area contributed by atoms with Crippen LogP contribution in [-0.4, -0.2) is 36.9 Å². The number of hydrogen-bond donors (Lipinski definition) is 2. The molecule has 19 heavy (non-hydrogen) atoms. The van der Waals surface area contributed by atoms with Gasteiger partial charge in [0.15, 0.2) is 5.65 Å². The third-order valence-corrected chi connectivity index (χ3v) is 4.17. The average Bonchev–Trinajstić information content (AvgIpc) is 2.78. The number of halogens is 2. The van der Waals surface area contributed by atoms with Crippen LogP contribution in [0.15, 0.2) is 10.9 Å². The molecule has 2 aromatic rings. The molecule has 0 bridgehead atoms. The van der Waals surface area contributed by atoms with Gasteiger partial charge in [-0.05, 0) is 13.3 Å². The van der Waals surface area contributed by atoms with Crippen LogP contribution >= 0.6 is 23.2 Å². The number of H-pyrrole nitrogens is 1. The topological polar surface area (TPSA) is 75.1 Å². The first-order valence-corrected chi connectivity index (χ1v) is 6.97. The van der Waals surface area contributed by atoms with Gasteiger partial charge in [-0.1, -0.05) is 6.92 Å². The van der Waals surface area contributed by atoms with Gasteiger partial charge in [0.25, 0.3) is 0 Å².